The van der Waals surface area contributed by atoms with Gasteiger partial charge in [0.15, 0.2) is 0 Å². The van der Waals surface area contributed by atoms with E-state index in [-0.39, 0.29) is 29.7 Å². The second-order valence-electron chi connectivity index (χ2n) is 8.03. The van der Waals surface area contributed by atoms with Gasteiger partial charge in [-0.15, -0.1) is 0 Å². The van der Waals surface area contributed by atoms with E-state index in [9.17, 15) is 9.59 Å². The van der Waals surface area contributed by atoms with E-state index in [4.69, 9.17) is 0 Å². The topological polar surface area (TPSA) is 40.6 Å². The molecule has 0 aromatic heterocycles. The molecule has 4 heteroatoms. The first-order chi connectivity index (χ1) is 12.0. The van der Waals surface area contributed by atoms with E-state index in [1.54, 1.807) is 0 Å². The highest BCUT2D eigenvalue weighted by Gasteiger charge is 2.51. The van der Waals surface area contributed by atoms with E-state index in [1.165, 1.54) is 6.42 Å². The molecule has 0 bridgehead atoms. The van der Waals surface area contributed by atoms with Crippen molar-refractivity contribution in [1.29, 1.82) is 0 Å². The van der Waals surface area contributed by atoms with Crippen LogP contribution >= 0.6 is 0 Å². The van der Waals surface area contributed by atoms with Gasteiger partial charge in [-0.2, -0.15) is 0 Å². The first kappa shape index (κ1) is 18.0. The van der Waals surface area contributed by atoms with Crippen LogP contribution in [0.1, 0.15) is 45.6 Å². The Morgan fingerprint density at radius 2 is 1.92 bits per heavy atom. The summed E-state index contributed by atoms with van der Waals surface area (Å²) in [5.74, 6) is 0.720. The minimum Gasteiger partial charge on any atom is -0.342 e. The van der Waals surface area contributed by atoms with Crippen molar-refractivity contribution in [3.8, 4) is 0 Å². The molecule has 1 aromatic carbocycles. The Kier molecular flexibility index (Phi) is 5.45. The molecule has 1 heterocycles. The molecule has 0 radical (unpaired) electrons. The second kappa shape index (κ2) is 7.59. The summed E-state index contributed by atoms with van der Waals surface area (Å²) in [5.41, 5.74) is 1.14. The predicted octanol–water partition coefficient (Wildman–Crippen LogP) is 3.32. The fraction of sp³-hybridized carbons (Fsp3) is 0.619. The molecule has 3 rings (SSSR count). The number of rotatable bonds is 5. The Labute approximate surface area is 151 Å². The van der Waals surface area contributed by atoms with Crippen molar-refractivity contribution >= 4 is 11.8 Å². The molecule has 136 valence electrons. The zero-order valence-corrected chi connectivity index (χ0v) is 15.6. The molecule has 3 unspecified atom stereocenters. The quantitative estimate of drug-likeness (QED) is 0.823. The highest BCUT2D eigenvalue weighted by Crippen LogP contribution is 2.42. The van der Waals surface area contributed by atoms with Gasteiger partial charge in [0.05, 0.1) is 11.8 Å². The molecular weight excluding hydrogens is 312 g/mol. The maximum atomic E-state index is 13.0. The third-order valence-electron chi connectivity index (χ3n) is 5.50. The molecule has 1 aliphatic carbocycles. The first-order valence-electron chi connectivity index (χ1n) is 9.60. The van der Waals surface area contributed by atoms with Crippen LogP contribution in [0.4, 0.5) is 0 Å². The molecular formula is C21H30N2O2. The van der Waals surface area contributed by atoms with Crippen molar-refractivity contribution < 1.29 is 9.59 Å². The number of likely N-dealkylation sites (tertiary alicyclic amines) is 1. The molecule has 0 spiro atoms. The Balaban J connectivity index is 1.61. The van der Waals surface area contributed by atoms with Gasteiger partial charge in [0, 0.05) is 25.7 Å². The molecule has 4 nitrogen and oxygen atoms in total. The van der Waals surface area contributed by atoms with Crippen molar-refractivity contribution in [3.63, 3.8) is 0 Å². The van der Waals surface area contributed by atoms with Gasteiger partial charge in [0.1, 0.15) is 0 Å². The van der Waals surface area contributed by atoms with Crippen molar-refractivity contribution in [3.05, 3.63) is 35.9 Å². The molecule has 1 saturated heterocycles. The van der Waals surface area contributed by atoms with Crippen molar-refractivity contribution in [2.45, 2.75) is 52.6 Å². The number of nitrogens with zero attached hydrogens (tertiary/aromatic N) is 2. The Hall–Kier alpha value is -1.84. The number of carbonyl (C=O) groups excluding carboxylic acids is 2. The SMILES string of the molecule is CC1CCCN(C(=O)C2CC2C(=O)N(Cc2ccccc2)C(C)C)C1. The minimum absolute atomic E-state index is 0.0881. The lowest BCUT2D eigenvalue weighted by molar-refractivity contribution is -0.140. The van der Waals surface area contributed by atoms with Crippen molar-refractivity contribution in [1.82, 2.24) is 9.80 Å². The van der Waals surface area contributed by atoms with Gasteiger partial charge in [0.2, 0.25) is 11.8 Å². The van der Waals surface area contributed by atoms with Crippen LogP contribution in [0.25, 0.3) is 0 Å². The molecule has 1 aromatic rings. The van der Waals surface area contributed by atoms with Crippen LogP contribution < -0.4 is 0 Å². The summed E-state index contributed by atoms with van der Waals surface area (Å²) in [6.45, 7) is 8.64. The van der Waals surface area contributed by atoms with E-state index in [1.807, 2.05) is 54.0 Å². The summed E-state index contributed by atoms with van der Waals surface area (Å²) >= 11 is 0. The van der Waals surface area contributed by atoms with Crippen LogP contribution in [0, 0.1) is 17.8 Å². The van der Waals surface area contributed by atoms with Crippen LogP contribution in [0.2, 0.25) is 0 Å². The van der Waals surface area contributed by atoms with Crippen LogP contribution in [0.5, 0.6) is 0 Å². The summed E-state index contributed by atoms with van der Waals surface area (Å²) < 4.78 is 0. The van der Waals surface area contributed by atoms with Crippen LogP contribution in [0.3, 0.4) is 0 Å². The second-order valence-corrected chi connectivity index (χ2v) is 8.03. The lowest BCUT2D eigenvalue weighted by Gasteiger charge is -2.31. The largest absolute Gasteiger partial charge is 0.342 e. The molecule has 2 amide bonds. The van der Waals surface area contributed by atoms with E-state index >= 15 is 0 Å². The summed E-state index contributed by atoms with van der Waals surface area (Å²) in [4.78, 5) is 29.6. The minimum atomic E-state index is -0.115. The normalized spacial score (nSPS) is 25.8. The summed E-state index contributed by atoms with van der Waals surface area (Å²) in [6, 6.07) is 10.2. The lowest BCUT2D eigenvalue weighted by Crippen LogP contribution is -2.42. The fourth-order valence-electron chi connectivity index (χ4n) is 3.87. The fourth-order valence-corrected chi connectivity index (χ4v) is 3.87. The van der Waals surface area contributed by atoms with E-state index in [0.717, 1.165) is 31.5 Å². The molecule has 2 fully saturated rings. The highest BCUT2D eigenvalue weighted by molar-refractivity contribution is 5.92. The average Bonchev–Trinajstić information content (AvgIpc) is 3.40. The van der Waals surface area contributed by atoms with E-state index < -0.39 is 0 Å². The Morgan fingerprint density at radius 3 is 2.56 bits per heavy atom. The first-order valence-corrected chi connectivity index (χ1v) is 9.60. The summed E-state index contributed by atoms with van der Waals surface area (Å²) in [6.07, 6.45) is 3.01. The zero-order valence-electron chi connectivity index (χ0n) is 15.6. The third kappa shape index (κ3) is 4.23. The van der Waals surface area contributed by atoms with Gasteiger partial charge >= 0.3 is 0 Å². The van der Waals surface area contributed by atoms with E-state index in [0.29, 0.717) is 12.5 Å². The van der Waals surface area contributed by atoms with Gasteiger partial charge in [0.25, 0.3) is 0 Å². The monoisotopic (exact) mass is 342 g/mol. The summed E-state index contributed by atoms with van der Waals surface area (Å²) in [7, 11) is 0. The smallest absolute Gasteiger partial charge is 0.227 e. The number of hydrogen-bond acceptors (Lipinski definition) is 2. The lowest BCUT2D eigenvalue weighted by atomic mass is 10.00. The van der Waals surface area contributed by atoms with Gasteiger partial charge in [-0.3, -0.25) is 9.59 Å². The molecule has 0 N–H and O–H groups in total. The van der Waals surface area contributed by atoms with Gasteiger partial charge in [-0.05, 0) is 44.6 Å². The molecule has 2 aliphatic rings. The number of benzene rings is 1. The molecule has 25 heavy (non-hydrogen) atoms. The van der Waals surface area contributed by atoms with Crippen molar-refractivity contribution in [2.24, 2.45) is 17.8 Å². The maximum Gasteiger partial charge on any atom is 0.227 e. The maximum absolute atomic E-state index is 13.0. The standard InChI is InChI=1S/C21H30N2O2/c1-15(2)23(14-17-9-5-4-6-10-17)21(25)19-12-18(19)20(24)22-11-7-8-16(3)13-22/h4-6,9-10,15-16,18-19H,7-8,11-14H2,1-3H3. The number of piperidine rings is 1. The molecule has 1 aliphatic heterocycles. The third-order valence-corrected chi connectivity index (χ3v) is 5.50. The Bertz CT molecular complexity index is 614. The van der Waals surface area contributed by atoms with Crippen LogP contribution in [0.15, 0.2) is 30.3 Å². The Morgan fingerprint density at radius 1 is 1.20 bits per heavy atom. The number of amides is 2. The van der Waals surface area contributed by atoms with Crippen molar-refractivity contribution in [2.75, 3.05) is 13.1 Å². The number of carbonyl (C=O) groups is 2. The van der Waals surface area contributed by atoms with Crippen LogP contribution in [-0.2, 0) is 16.1 Å². The van der Waals surface area contributed by atoms with E-state index in [2.05, 4.69) is 6.92 Å². The van der Waals surface area contributed by atoms with Gasteiger partial charge in [-0.25, -0.2) is 0 Å². The zero-order chi connectivity index (χ0) is 18.0. The average molecular weight is 342 g/mol. The predicted molar refractivity (Wildman–Crippen MR) is 98.7 cm³/mol. The summed E-state index contributed by atoms with van der Waals surface area (Å²) in [5, 5.41) is 0. The van der Waals surface area contributed by atoms with Gasteiger partial charge < -0.3 is 9.80 Å². The van der Waals surface area contributed by atoms with Gasteiger partial charge in [-0.1, -0.05) is 37.3 Å². The molecule has 1 saturated carbocycles. The van der Waals surface area contributed by atoms with Crippen LogP contribution in [-0.4, -0.2) is 40.7 Å². The highest BCUT2D eigenvalue weighted by atomic mass is 16.2. The number of hydrogen-bond donors (Lipinski definition) is 0. The molecule has 3 atom stereocenters.